The molecule has 3 N–H and O–H groups in total. The summed E-state index contributed by atoms with van der Waals surface area (Å²) in [5, 5.41) is 15.4. The van der Waals surface area contributed by atoms with Crippen LogP contribution in [0, 0.1) is 17.9 Å². The summed E-state index contributed by atoms with van der Waals surface area (Å²) in [7, 11) is 0. The Morgan fingerprint density at radius 1 is 0.974 bits per heavy atom. The average molecular weight is 609 g/mol. The number of aliphatic hydroxyl groups excluding tert-OH is 1. The number of amides is 1. The molecule has 6 nitrogen and oxygen atoms in total. The first-order chi connectivity index (χ1) is 18.1. The fourth-order valence-electron chi connectivity index (χ4n) is 3.46. The number of thioether (sulfide) groups is 1. The quantitative estimate of drug-likeness (QED) is 0.0862. The van der Waals surface area contributed by atoms with E-state index >= 15 is 0 Å². The Morgan fingerprint density at radius 3 is 2.29 bits per heavy atom. The van der Waals surface area contributed by atoms with E-state index in [1.807, 2.05) is 30.5 Å². The summed E-state index contributed by atoms with van der Waals surface area (Å²) < 4.78 is 0. The van der Waals surface area contributed by atoms with Crippen LogP contribution in [0.5, 0.6) is 0 Å². The second-order valence-electron chi connectivity index (χ2n) is 8.56. The first-order valence-electron chi connectivity index (χ1n) is 13.1. The maximum absolute atomic E-state index is 11.9. The van der Waals surface area contributed by atoms with E-state index in [1.165, 1.54) is 56.2 Å². The van der Waals surface area contributed by atoms with E-state index in [0.29, 0.717) is 35.2 Å². The molecule has 1 amide bonds. The number of aliphatic hydroxyl groups is 1. The maximum Gasteiger partial charge on any atom is 0.298 e. The first-order valence-corrected chi connectivity index (χ1v) is 14.3. The summed E-state index contributed by atoms with van der Waals surface area (Å²) in [4.78, 5) is 21.7. The van der Waals surface area contributed by atoms with Crippen LogP contribution in [0.2, 0.25) is 0 Å². The van der Waals surface area contributed by atoms with E-state index in [9.17, 15) is 4.79 Å². The summed E-state index contributed by atoms with van der Waals surface area (Å²) in [5.41, 5.74) is 2.10. The van der Waals surface area contributed by atoms with Crippen molar-refractivity contribution in [2.45, 2.75) is 76.5 Å². The second kappa shape index (κ2) is 20.9. The molecule has 0 spiro atoms. The van der Waals surface area contributed by atoms with Gasteiger partial charge in [-0.3, -0.25) is 14.8 Å². The molecule has 2 aromatic carbocycles. The van der Waals surface area contributed by atoms with Gasteiger partial charge in [0, 0.05) is 56.3 Å². The molecule has 0 fully saturated rings. The van der Waals surface area contributed by atoms with Gasteiger partial charge in [-0.2, -0.15) is 0 Å². The number of carbonyl (C=O) groups excluding carboxylic acids is 1. The number of fused-ring (bicyclic) bond motifs is 1. The molecule has 3 rings (SSSR count). The van der Waals surface area contributed by atoms with Crippen LogP contribution in [0.25, 0.3) is 10.9 Å². The standard InChI is InChI=1S/C21H19N4O2S.C9H20.Y/c1-28-17-9-6-15(7-10-17)25-21-18-13-16(8-11-19(18)22-14-23-21)24-20(27)5-3-2-4-12-26;1-3-5-7-9-8-6-4-2;/h6-11,14,26H,2,4,12H2,1H3,(H,24,27)(H,22,23,25);3-9H2,1-2H3;/q-1;;. The van der Waals surface area contributed by atoms with Crippen molar-refractivity contribution in [1.82, 2.24) is 9.97 Å². The summed E-state index contributed by atoms with van der Waals surface area (Å²) in [6.45, 7) is 4.59. The molecule has 0 saturated heterocycles. The van der Waals surface area contributed by atoms with Crippen LogP contribution >= 0.6 is 11.8 Å². The van der Waals surface area contributed by atoms with E-state index in [1.54, 1.807) is 23.9 Å². The van der Waals surface area contributed by atoms with Crippen molar-refractivity contribution in [3.8, 4) is 11.8 Å². The Bertz CT molecular complexity index is 1140. The van der Waals surface area contributed by atoms with Gasteiger partial charge in [-0.15, -0.1) is 30.0 Å². The fourth-order valence-corrected chi connectivity index (χ4v) is 3.87. The third-order valence-corrected chi connectivity index (χ3v) is 6.26. The second-order valence-corrected chi connectivity index (χ2v) is 9.44. The number of unbranched alkanes of at least 4 members (excludes halogenated alkanes) is 7. The molecule has 201 valence electrons. The van der Waals surface area contributed by atoms with Crippen LogP contribution in [-0.4, -0.2) is 33.8 Å². The molecular formula is C30H39N4O2SY-. The van der Waals surface area contributed by atoms with Gasteiger partial charge in [-0.1, -0.05) is 70.1 Å². The third kappa shape index (κ3) is 13.2. The monoisotopic (exact) mass is 608 g/mol. The fraction of sp³-hybridized carbons (Fsp3) is 0.433. The number of hydrogen-bond donors (Lipinski definition) is 3. The van der Waals surface area contributed by atoms with Gasteiger partial charge in [0.05, 0.1) is 12.1 Å². The van der Waals surface area contributed by atoms with E-state index in [4.69, 9.17) is 5.11 Å². The number of nitrogens with zero attached hydrogens (tertiary/aromatic N) is 2. The van der Waals surface area contributed by atoms with Crippen molar-refractivity contribution >= 4 is 45.8 Å². The molecule has 0 aliphatic rings. The smallest absolute Gasteiger partial charge is 0.298 e. The van der Waals surface area contributed by atoms with Crippen molar-refractivity contribution in [1.29, 1.82) is 0 Å². The van der Waals surface area contributed by atoms with Gasteiger partial charge >= 0.3 is 0 Å². The molecule has 8 heteroatoms. The molecule has 0 bridgehead atoms. The Kier molecular flexibility index (Phi) is 18.7. The van der Waals surface area contributed by atoms with Crippen LogP contribution < -0.4 is 10.6 Å². The minimum Gasteiger partial charge on any atom is -0.396 e. The van der Waals surface area contributed by atoms with Crippen LogP contribution in [0.3, 0.4) is 0 Å². The van der Waals surface area contributed by atoms with Gasteiger partial charge in [0.25, 0.3) is 5.91 Å². The van der Waals surface area contributed by atoms with Gasteiger partial charge < -0.3 is 15.7 Å². The minimum atomic E-state index is -0.424. The number of aromatic nitrogens is 2. The van der Waals surface area contributed by atoms with Crippen molar-refractivity contribution in [2.24, 2.45) is 0 Å². The molecule has 1 heterocycles. The van der Waals surface area contributed by atoms with E-state index < -0.39 is 5.91 Å². The third-order valence-electron chi connectivity index (χ3n) is 5.51. The van der Waals surface area contributed by atoms with Crippen molar-refractivity contribution in [3.63, 3.8) is 0 Å². The summed E-state index contributed by atoms with van der Waals surface area (Å²) in [6.07, 6.45) is 14.5. The predicted molar refractivity (Wildman–Crippen MR) is 156 cm³/mol. The summed E-state index contributed by atoms with van der Waals surface area (Å²) in [6, 6.07) is 14.7. The Hall–Kier alpha value is -1.98. The molecule has 0 unspecified atom stereocenters. The number of rotatable bonds is 12. The van der Waals surface area contributed by atoms with Gasteiger partial charge in [-0.25, -0.2) is 0 Å². The molecule has 0 atom stereocenters. The van der Waals surface area contributed by atoms with Crippen molar-refractivity contribution < 1.29 is 42.6 Å². The average Bonchev–Trinajstić information content (AvgIpc) is 2.92. The van der Waals surface area contributed by atoms with Gasteiger partial charge in [0.2, 0.25) is 0 Å². The number of benzene rings is 2. The SMILES string of the molecule is CCCCCCCCC.CSc1ccc(Nc2ncnc3ccc(NC(=O)C#CCCCO)[c-]c23)cc1.[Y]. The Labute approximate surface area is 257 Å². The van der Waals surface area contributed by atoms with Crippen LogP contribution in [0.1, 0.15) is 71.6 Å². The van der Waals surface area contributed by atoms with E-state index in [-0.39, 0.29) is 39.3 Å². The molecule has 0 saturated carbocycles. The first kappa shape index (κ1) is 34.1. The number of hydrogen-bond acceptors (Lipinski definition) is 6. The largest absolute Gasteiger partial charge is 0.396 e. The van der Waals surface area contributed by atoms with Crippen molar-refractivity contribution in [3.05, 3.63) is 48.8 Å². The minimum absolute atomic E-state index is 0. The van der Waals surface area contributed by atoms with Crippen LogP contribution in [-0.2, 0) is 37.5 Å². The molecule has 0 aliphatic carbocycles. The zero-order chi connectivity index (χ0) is 26.7. The summed E-state index contributed by atoms with van der Waals surface area (Å²) in [5.74, 6) is 5.40. The van der Waals surface area contributed by atoms with Crippen LogP contribution in [0.4, 0.5) is 17.2 Å². The zero-order valence-electron chi connectivity index (χ0n) is 22.8. The van der Waals surface area contributed by atoms with E-state index in [0.717, 1.165) is 5.69 Å². The van der Waals surface area contributed by atoms with E-state index in [2.05, 4.69) is 52.4 Å². The van der Waals surface area contributed by atoms with Gasteiger partial charge in [0.1, 0.15) is 0 Å². The van der Waals surface area contributed by atoms with Crippen LogP contribution in [0.15, 0.2) is 47.6 Å². The van der Waals surface area contributed by atoms with Gasteiger partial charge in [-0.05, 0) is 54.1 Å². The maximum atomic E-state index is 11.9. The number of anilines is 3. The molecule has 0 aliphatic heterocycles. The number of nitrogens with one attached hydrogen (secondary N) is 2. The predicted octanol–water partition coefficient (Wildman–Crippen LogP) is 7.36. The normalized spacial score (nSPS) is 9.89. The molecule has 38 heavy (non-hydrogen) atoms. The molecule has 3 aromatic rings. The molecule has 1 radical (unpaired) electrons. The van der Waals surface area contributed by atoms with Crippen molar-refractivity contribution in [2.75, 3.05) is 23.5 Å². The zero-order valence-corrected chi connectivity index (χ0v) is 26.5. The Balaban J connectivity index is 0.000000622. The number of carbonyl (C=O) groups is 1. The molecular weight excluding hydrogens is 569 g/mol. The Morgan fingerprint density at radius 2 is 1.66 bits per heavy atom. The topological polar surface area (TPSA) is 87.1 Å². The molecule has 1 aromatic heterocycles. The van der Waals surface area contributed by atoms with Gasteiger partial charge in [0.15, 0.2) is 0 Å². The summed E-state index contributed by atoms with van der Waals surface area (Å²) >= 11 is 1.68.